The Morgan fingerprint density at radius 3 is 2.55 bits per heavy atom. The lowest BCUT2D eigenvalue weighted by Crippen LogP contribution is -2.26. The number of carbonyl (C=O) groups is 2. The highest BCUT2D eigenvalue weighted by Crippen LogP contribution is 2.30. The van der Waals surface area contributed by atoms with Crippen LogP contribution in [0.4, 0.5) is 5.69 Å². The van der Waals surface area contributed by atoms with Gasteiger partial charge >= 0.3 is 0 Å². The zero-order valence-corrected chi connectivity index (χ0v) is 19.0. The van der Waals surface area contributed by atoms with E-state index in [1.807, 2.05) is 29.6 Å². The maximum absolute atomic E-state index is 12.6. The van der Waals surface area contributed by atoms with Crippen molar-refractivity contribution in [3.8, 4) is 11.5 Å². The summed E-state index contributed by atoms with van der Waals surface area (Å²) >= 11 is 3.00. The second-order valence-corrected chi connectivity index (χ2v) is 8.54. The van der Waals surface area contributed by atoms with E-state index in [1.54, 1.807) is 49.8 Å². The Morgan fingerprint density at radius 1 is 1.00 bits per heavy atom. The Balaban J connectivity index is 1.55. The number of benzene rings is 2. The van der Waals surface area contributed by atoms with Crippen molar-refractivity contribution in [3.05, 3.63) is 70.4 Å². The molecule has 31 heavy (non-hydrogen) atoms. The molecule has 2 aromatic carbocycles. The van der Waals surface area contributed by atoms with Gasteiger partial charge in [-0.15, -0.1) is 23.1 Å². The van der Waals surface area contributed by atoms with E-state index in [4.69, 9.17) is 9.47 Å². The molecule has 0 saturated heterocycles. The van der Waals surface area contributed by atoms with E-state index < -0.39 is 0 Å². The number of methoxy groups -OCH3 is 2. The van der Waals surface area contributed by atoms with Crippen LogP contribution in [0.5, 0.6) is 11.5 Å². The fourth-order valence-corrected chi connectivity index (χ4v) is 4.44. The fraction of sp³-hybridized carbons (Fsp3) is 0.217. The molecule has 3 aromatic rings. The number of thiophene rings is 1. The van der Waals surface area contributed by atoms with Gasteiger partial charge in [-0.25, -0.2) is 0 Å². The number of amides is 2. The van der Waals surface area contributed by atoms with E-state index in [0.717, 1.165) is 11.3 Å². The van der Waals surface area contributed by atoms with Crippen molar-refractivity contribution in [1.29, 1.82) is 0 Å². The van der Waals surface area contributed by atoms with E-state index in [-0.39, 0.29) is 17.6 Å². The standard InChI is InChI=1S/C23H24N2O4S2/c1-28-19-10-9-16(14-20(19)29-2)25-22(26)15-31-21-8-4-3-7-18(21)23(27)24-12-11-17-6-5-13-30-17/h3-10,13-14H,11-12,15H2,1-2H3,(H,24,27)(H,25,26). The van der Waals surface area contributed by atoms with Crippen LogP contribution in [0.2, 0.25) is 0 Å². The number of rotatable bonds is 10. The van der Waals surface area contributed by atoms with Gasteiger partial charge in [0.05, 0.1) is 25.5 Å². The molecule has 0 fully saturated rings. The number of nitrogens with one attached hydrogen (secondary N) is 2. The van der Waals surface area contributed by atoms with Gasteiger partial charge in [-0.05, 0) is 42.1 Å². The molecule has 1 aromatic heterocycles. The minimum Gasteiger partial charge on any atom is -0.493 e. The summed E-state index contributed by atoms with van der Waals surface area (Å²) in [5.41, 5.74) is 1.18. The molecule has 0 radical (unpaired) electrons. The minimum atomic E-state index is -0.176. The van der Waals surface area contributed by atoms with E-state index in [0.29, 0.717) is 29.3 Å². The Labute approximate surface area is 190 Å². The maximum atomic E-state index is 12.6. The van der Waals surface area contributed by atoms with E-state index in [1.165, 1.54) is 16.6 Å². The molecule has 0 aliphatic carbocycles. The molecule has 8 heteroatoms. The summed E-state index contributed by atoms with van der Waals surface area (Å²) in [5, 5.41) is 7.82. The lowest BCUT2D eigenvalue weighted by atomic mass is 10.2. The molecule has 0 unspecified atom stereocenters. The number of hydrogen-bond acceptors (Lipinski definition) is 6. The highest BCUT2D eigenvalue weighted by molar-refractivity contribution is 8.00. The summed E-state index contributed by atoms with van der Waals surface area (Å²) < 4.78 is 10.5. The first-order valence-corrected chi connectivity index (χ1v) is 11.5. The van der Waals surface area contributed by atoms with Crippen molar-refractivity contribution in [1.82, 2.24) is 5.32 Å². The topological polar surface area (TPSA) is 76.7 Å². The van der Waals surface area contributed by atoms with Gasteiger partial charge in [-0.3, -0.25) is 9.59 Å². The van der Waals surface area contributed by atoms with Crippen LogP contribution in [0.1, 0.15) is 15.2 Å². The maximum Gasteiger partial charge on any atom is 0.252 e. The van der Waals surface area contributed by atoms with Crippen LogP contribution in [-0.4, -0.2) is 38.3 Å². The molecular weight excluding hydrogens is 432 g/mol. The lowest BCUT2D eigenvalue weighted by Gasteiger charge is -2.11. The predicted octanol–water partition coefficient (Wildman–Crippen LogP) is 4.47. The highest BCUT2D eigenvalue weighted by atomic mass is 32.2. The monoisotopic (exact) mass is 456 g/mol. The van der Waals surface area contributed by atoms with Crippen LogP contribution >= 0.6 is 23.1 Å². The Kier molecular flexibility index (Phi) is 8.37. The van der Waals surface area contributed by atoms with Gasteiger partial charge < -0.3 is 20.1 Å². The first kappa shape index (κ1) is 22.7. The first-order valence-electron chi connectivity index (χ1n) is 9.65. The molecule has 0 bridgehead atoms. The summed E-state index contributed by atoms with van der Waals surface area (Å²) in [6, 6.07) is 16.5. The Morgan fingerprint density at radius 2 is 1.81 bits per heavy atom. The van der Waals surface area contributed by atoms with Gasteiger partial charge in [0.1, 0.15) is 0 Å². The minimum absolute atomic E-state index is 0.139. The zero-order valence-electron chi connectivity index (χ0n) is 17.3. The third-order valence-corrected chi connectivity index (χ3v) is 6.40. The van der Waals surface area contributed by atoms with Crippen LogP contribution in [0.3, 0.4) is 0 Å². The van der Waals surface area contributed by atoms with Crippen molar-refractivity contribution in [2.24, 2.45) is 0 Å². The van der Waals surface area contributed by atoms with Gasteiger partial charge in [-0.1, -0.05) is 18.2 Å². The zero-order chi connectivity index (χ0) is 22.1. The third-order valence-electron chi connectivity index (χ3n) is 4.39. The van der Waals surface area contributed by atoms with Gasteiger partial charge in [0, 0.05) is 28.1 Å². The summed E-state index contributed by atoms with van der Waals surface area (Å²) in [6.45, 7) is 0.568. The van der Waals surface area contributed by atoms with Gasteiger partial charge in [-0.2, -0.15) is 0 Å². The SMILES string of the molecule is COc1ccc(NC(=O)CSc2ccccc2C(=O)NCCc2cccs2)cc1OC. The van der Waals surface area contributed by atoms with Gasteiger partial charge in [0.2, 0.25) is 5.91 Å². The number of anilines is 1. The first-order chi connectivity index (χ1) is 15.1. The van der Waals surface area contributed by atoms with Crippen LogP contribution in [0.15, 0.2) is 64.9 Å². The molecule has 2 amide bonds. The predicted molar refractivity (Wildman–Crippen MR) is 126 cm³/mol. The number of hydrogen-bond donors (Lipinski definition) is 2. The third kappa shape index (κ3) is 6.50. The van der Waals surface area contributed by atoms with Crippen molar-refractivity contribution < 1.29 is 19.1 Å². The molecule has 6 nitrogen and oxygen atoms in total. The molecule has 0 spiro atoms. The molecule has 3 rings (SSSR count). The van der Waals surface area contributed by atoms with Crippen LogP contribution in [-0.2, 0) is 11.2 Å². The summed E-state index contributed by atoms with van der Waals surface area (Å²) in [6.07, 6.45) is 0.798. The van der Waals surface area contributed by atoms with Crippen molar-refractivity contribution >= 4 is 40.6 Å². The molecule has 162 valence electrons. The molecule has 0 saturated carbocycles. The van der Waals surface area contributed by atoms with E-state index >= 15 is 0 Å². The smallest absolute Gasteiger partial charge is 0.252 e. The summed E-state index contributed by atoms with van der Waals surface area (Å²) in [4.78, 5) is 27.0. The average Bonchev–Trinajstić information content (AvgIpc) is 3.31. The fourth-order valence-electron chi connectivity index (χ4n) is 2.88. The highest BCUT2D eigenvalue weighted by Gasteiger charge is 2.13. The Bertz CT molecular complexity index is 1020. The van der Waals surface area contributed by atoms with Crippen molar-refractivity contribution in [3.63, 3.8) is 0 Å². The average molecular weight is 457 g/mol. The molecular formula is C23H24N2O4S2. The van der Waals surface area contributed by atoms with Crippen molar-refractivity contribution in [2.45, 2.75) is 11.3 Å². The molecule has 0 aliphatic rings. The van der Waals surface area contributed by atoms with Gasteiger partial charge in [0.25, 0.3) is 5.91 Å². The van der Waals surface area contributed by atoms with Crippen molar-refractivity contribution in [2.75, 3.05) is 31.8 Å². The second-order valence-electron chi connectivity index (χ2n) is 6.49. The number of ether oxygens (including phenoxy) is 2. The lowest BCUT2D eigenvalue weighted by molar-refractivity contribution is -0.113. The van der Waals surface area contributed by atoms with E-state index in [9.17, 15) is 9.59 Å². The molecule has 0 aliphatic heterocycles. The largest absolute Gasteiger partial charge is 0.493 e. The normalized spacial score (nSPS) is 10.4. The van der Waals surface area contributed by atoms with Crippen LogP contribution in [0.25, 0.3) is 0 Å². The van der Waals surface area contributed by atoms with E-state index in [2.05, 4.69) is 16.7 Å². The summed E-state index contributed by atoms with van der Waals surface area (Å²) in [5.74, 6) is 0.991. The molecule has 0 atom stereocenters. The number of thioether (sulfide) groups is 1. The van der Waals surface area contributed by atoms with Gasteiger partial charge in [0.15, 0.2) is 11.5 Å². The molecule has 2 N–H and O–H groups in total. The summed E-state index contributed by atoms with van der Waals surface area (Å²) in [7, 11) is 3.10. The number of carbonyl (C=O) groups excluding carboxylic acids is 2. The van der Waals surface area contributed by atoms with Crippen LogP contribution < -0.4 is 20.1 Å². The molecule has 1 heterocycles. The van der Waals surface area contributed by atoms with Crippen LogP contribution in [0, 0.1) is 0 Å². The quantitative estimate of drug-likeness (QED) is 0.440. The Hall–Kier alpha value is -2.97. The second kappa shape index (κ2) is 11.4.